The fourth-order valence-electron chi connectivity index (χ4n) is 8.61. The number of rotatable bonds is 5. The first-order valence-corrected chi connectivity index (χ1v) is 13.9. The number of hydrogen-bond donors (Lipinski definition) is 0. The maximum Gasteiger partial charge on any atom is 0.305 e. The van der Waals surface area contributed by atoms with Crippen molar-refractivity contribution in [2.75, 3.05) is 7.11 Å². The van der Waals surface area contributed by atoms with Crippen LogP contribution in [0.5, 0.6) is 0 Å². The van der Waals surface area contributed by atoms with Crippen LogP contribution in [0.15, 0.2) is 0 Å². The molecule has 0 aromatic heterocycles. The van der Waals surface area contributed by atoms with Crippen molar-refractivity contribution in [3.05, 3.63) is 0 Å². The van der Waals surface area contributed by atoms with E-state index in [2.05, 4.69) is 41.5 Å². The van der Waals surface area contributed by atoms with E-state index in [-0.39, 0.29) is 47.0 Å². The largest absolute Gasteiger partial charge is 0.469 e. The minimum absolute atomic E-state index is 0.0244. The molecule has 0 aromatic carbocycles. The standard InChI is InChI=1S/C30H48O6/c1-19(9-12-26(34)35-8)21-13-17-30(7)24(33)11-10-22-27(3,4)25(36-20(2)31)15-16-28(22,5)23(32)14-18-29(21,30)6/h19,21-22,25H,9-18H2,1-8H3/t19?,21-,22?,25+,28+,29-,30+/m1/s1. The van der Waals surface area contributed by atoms with Crippen LogP contribution in [0.4, 0.5) is 0 Å². The number of carbonyl (C=O) groups excluding carboxylic acids is 4. The summed E-state index contributed by atoms with van der Waals surface area (Å²) >= 11 is 0. The summed E-state index contributed by atoms with van der Waals surface area (Å²) in [6.07, 6.45) is 6.22. The fourth-order valence-corrected chi connectivity index (χ4v) is 8.61. The Kier molecular flexibility index (Phi) is 8.18. The van der Waals surface area contributed by atoms with Gasteiger partial charge in [-0.2, -0.15) is 0 Å². The summed E-state index contributed by atoms with van der Waals surface area (Å²) in [5.41, 5.74) is -1.70. The molecule has 6 heteroatoms. The lowest BCUT2D eigenvalue weighted by Crippen LogP contribution is -2.55. The predicted octanol–water partition coefficient (Wildman–Crippen LogP) is 6.08. The van der Waals surface area contributed by atoms with E-state index in [1.807, 2.05) is 0 Å². The summed E-state index contributed by atoms with van der Waals surface area (Å²) in [7, 11) is 1.42. The van der Waals surface area contributed by atoms with Crippen LogP contribution in [0.2, 0.25) is 0 Å². The summed E-state index contributed by atoms with van der Waals surface area (Å²) in [6.45, 7) is 14.3. The number of Topliss-reactive ketones (excluding diaryl/α,β-unsaturated/α-hetero) is 2. The number of methoxy groups -OCH3 is 1. The van der Waals surface area contributed by atoms with Crippen molar-refractivity contribution in [2.24, 2.45) is 39.4 Å². The second kappa shape index (κ2) is 10.2. The van der Waals surface area contributed by atoms with Crippen molar-refractivity contribution in [1.29, 1.82) is 0 Å². The summed E-state index contributed by atoms with van der Waals surface area (Å²) in [4.78, 5) is 51.6. The van der Waals surface area contributed by atoms with Crippen LogP contribution in [-0.2, 0) is 28.7 Å². The molecule has 3 saturated carbocycles. The number of ether oxygens (including phenoxy) is 2. The van der Waals surface area contributed by atoms with Crippen LogP contribution in [0.25, 0.3) is 0 Å². The zero-order valence-electron chi connectivity index (χ0n) is 23.8. The normalized spacial score (nSPS) is 39.5. The van der Waals surface area contributed by atoms with Crippen LogP contribution in [0.1, 0.15) is 113 Å². The van der Waals surface area contributed by atoms with Crippen molar-refractivity contribution in [1.82, 2.24) is 0 Å². The third kappa shape index (κ3) is 4.78. The Bertz CT molecular complexity index is 892. The fraction of sp³-hybridized carbons (Fsp3) is 0.867. The van der Waals surface area contributed by atoms with Gasteiger partial charge in [-0.3, -0.25) is 19.2 Å². The van der Waals surface area contributed by atoms with E-state index in [0.29, 0.717) is 50.7 Å². The summed E-state index contributed by atoms with van der Waals surface area (Å²) in [5, 5.41) is 0. The maximum absolute atomic E-state index is 14.0. The minimum Gasteiger partial charge on any atom is -0.469 e. The lowest BCUT2D eigenvalue weighted by molar-refractivity contribution is -0.173. The molecule has 3 rings (SSSR count). The zero-order chi connectivity index (χ0) is 27.1. The molecule has 2 unspecified atom stereocenters. The van der Waals surface area contributed by atoms with Gasteiger partial charge < -0.3 is 9.47 Å². The average molecular weight is 505 g/mol. The second-order valence-electron chi connectivity index (χ2n) is 13.3. The van der Waals surface area contributed by atoms with Gasteiger partial charge in [0.05, 0.1) is 7.11 Å². The minimum atomic E-state index is -0.533. The number of fused-ring (bicyclic) bond motifs is 2. The van der Waals surface area contributed by atoms with E-state index in [4.69, 9.17) is 9.47 Å². The Hall–Kier alpha value is -1.72. The Labute approximate surface area is 217 Å². The first-order valence-electron chi connectivity index (χ1n) is 13.9. The van der Waals surface area contributed by atoms with Crippen LogP contribution < -0.4 is 0 Å². The molecule has 7 atom stereocenters. The first kappa shape index (κ1) is 28.8. The molecule has 0 saturated heterocycles. The monoisotopic (exact) mass is 504 g/mol. The lowest BCUT2D eigenvalue weighted by atomic mass is 9.50. The quantitative estimate of drug-likeness (QED) is 0.421. The Morgan fingerprint density at radius 1 is 0.944 bits per heavy atom. The van der Waals surface area contributed by atoms with Crippen molar-refractivity contribution in [3.63, 3.8) is 0 Å². The molecule has 36 heavy (non-hydrogen) atoms. The van der Waals surface area contributed by atoms with E-state index in [1.165, 1.54) is 14.0 Å². The molecular weight excluding hydrogens is 456 g/mol. The van der Waals surface area contributed by atoms with Crippen LogP contribution in [0, 0.1) is 39.4 Å². The molecule has 0 amide bonds. The topological polar surface area (TPSA) is 86.7 Å². The third-order valence-electron chi connectivity index (χ3n) is 11.3. The zero-order valence-corrected chi connectivity index (χ0v) is 23.8. The predicted molar refractivity (Wildman–Crippen MR) is 138 cm³/mol. The van der Waals surface area contributed by atoms with Crippen LogP contribution >= 0.6 is 0 Å². The third-order valence-corrected chi connectivity index (χ3v) is 11.3. The number of esters is 2. The molecule has 0 radical (unpaired) electrons. The van der Waals surface area contributed by atoms with Gasteiger partial charge in [0, 0.05) is 42.4 Å². The summed E-state index contributed by atoms with van der Waals surface area (Å²) < 4.78 is 10.6. The average Bonchev–Trinajstić information content (AvgIpc) is 3.08. The molecule has 204 valence electrons. The van der Waals surface area contributed by atoms with Gasteiger partial charge in [-0.1, -0.05) is 41.5 Å². The van der Waals surface area contributed by atoms with Crippen molar-refractivity contribution in [3.8, 4) is 0 Å². The summed E-state index contributed by atoms with van der Waals surface area (Å²) in [6, 6.07) is 0. The highest BCUT2D eigenvalue weighted by atomic mass is 16.5. The lowest BCUT2D eigenvalue weighted by Gasteiger charge is -2.55. The SMILES string of the molecule is COC(=O)CCC(C)[C@H]1CC[C@@]2(C)C(=O)CCC3C(C)(C)[C@@H](OC(C)=O)CC[C@]3(C)C(=O)CC[C@]12C. The highest BCUT2D eigenvalue weighted by molar-refractivity contribution is 5.88. The Morgan fingerprint density at radius 3 is 2.22 bits per heavy atom. The summed E-state index contributed by atoms with van der Waals surface area (Å²) in [5.74, 6) is 0.619. The van der Waals surface area contributed by atoms with Gasteiger partial charge in [0.1, 0.15) is 17.7 Å². The molecule has 0 N–H and O–H groups in total. The molecule has 0 aliphatic heterocycles. The molecule has 0 spiro atoms. The smallest absolute Gasteiger partial charge is 0.305 e. The van der Waals surface area contributed by atoms with Gasteiger partial charge >= 0.3 is 11.9 Å². The molecule has 6 nitrogen and oxygen atoms in total. The van der Waals surface area contributed by atoms with Gasteiger partial charge in [0.25, 0.3) is 0 Å². The van der Waals surface area contributed by atoms with E-state index in [9.17, 15) is 19.2 Å². The number of ketones is 2. The van der Waals surface area contributed by atoms with Crippen LogP contribution in [-0.4, -0.2) is 36.7 Å². The molecule has 3 aliphatic rings. The van der Waals surface area contributed by atoms with Crippen molar-refractivity contribution >= 4 is 23.5 Å². The molecule has 3 fully saturated rings. The Morgan fingerprint density at radius 2 is 1.61 bits per heavy atom. The van der Waals surface area contributed by atoms with Gasteiger partial charge in [0.15, 0.2) is 0 Å². The van der Waals surface area contributed by atoms with Gasteiger partial charge in [0.2, 0.25) is 0 Å². The highest BCUT2D eigenvalue weighted by Gasteiger charge is 2.61. The van der Waals surface area contributed by atoms with E-state index in [0.717, 1.165) is 19.3 Å². The van der Waals surface area contributed by atoms with E-state index < -0.39 is 16.2 Å². The number of hydrogen-bond acceptors (Lipinski definition) is 6. The first-order chi connectivity index (χ1) is 16.6. The van der Waals surface area contributed by atoms with Crippen molar-refractivity contribution in [2.45, 2.75) is 119 Å². The van der Waals surface area contributed by atoms with E-state index >= 15 is 0 Å². The maximum atomic E-state index is 14.0. The molecule has 0 bridgehead atoms. The van der Waals surface area contributed by atoms with Gasteiger partial charge in [-0.15, -0.1) is 0 Å². The van der Waals surface area contributed by atoms with E-state index in [1.54, 1.807) is 0 Å². The molecule has 0 aromatic rings. The van der Waals surface area contributed by atoms with Crippen LogP contribution in [0.3, 0.4) is 0 Å². The van der Waals surface area contributed by atoms with Gasteiger partial charge in [-0.05, 0) is 68.1 Å². The van der Waals surface area contributed by atoms with Crippen molar-refractivity contribution < 1.29 is 28.7 Å². The second-order valence-corrected chi connectivity index (χ2v) is 13.3. The highest BCUT2D eigenvalue weighted by Crippen LogP contribution is 2.64. The van der Waals surface area contributed by atoms with Gasteiger partial charge in [-0.25, -0.2) is 0 Å². The molecule has 3 aliphatic carbocycles. The Balaban J connectivity index is 1.92. The molecular formula is C30H48O6. The number of carbonyl (C=O) groups is 4. The molecule has 0 heterocycles.